The number of nitrogens with zero attached hydrogens (tertiary/aromatic N) is 4. The van der Waals surface area contributed by atoms with Crippen LogP contribution in [0, 0.1) is 0 Å². The van der Waals surface area contributed by atoms with Crippen molar-refractivity contribution in [3.05, 3.63) is 57.4 Å². The van der Waals surface area contributed by atoms with Gasteiger partial charge in [0.25, 0.3) is 5.91 Å². The number of pyridine rings is 1. The van der Waals surface area contributed by atoms with Gasteiger partial charge in [-0.15, -0.1) is 10.2 Å². The maximum Gasteiger partial charge on any atom is 0.256 e. The van der Waals surface area contributed by atoms with Gasteiger partial charge in [0.1, 0.15) is 17.7 Å². The van der Waals surface area contributed by atoms with E-state index in [1.54, 1.807) is 35.3 Å². The van der Waals surface area contributed by atoms with Crippen molar-refractivity contribution in [2.24, 2.45) is 7.05 Å². The number of halogens is 1. The van der Waals surface area contributed by atoms with Crippen LogP contribution in [0.2, 0.25) is 5.02 Å². The third-order valence-corrected chi connectivity index (χ3v) is 4.62. The highest BCUT2D eigenvalue weighted by Gasteiger charge is 2.18. The van der Waals surface area contributed by atoms with Crippen LogP contribution in [0.4, 0.5) is 0 Å². The third-order valence-electron chi connectivity index (χ3n) is 4.38. The summed E-state index contributed by atoms with van der Waals surface area (Å²) < 4.78 is 3.67. The highest BCUT2D eigenvalue weighted by molar-refractivity contribution is 6.31. The van der Waals surface area contributed by atoms with Crippen LogP contribution in [-0.2, 0) is 13.6 Å². The summed E-state index contributed by atoms with van der Waals surface area (Å²) in [6.07, 6.45) is 3.21. The fourth-order valence-electron chi connectivity index (χ4n) is 2.96. The van der Waals surface area contributed by atoms with E-state index >= 15 is 0 Å². The second kappa shape index (κ2) is 7.29. The van der Waals surface area contributed by atoms with Crippen molar-refractivity contribution in [1.82, 2.24) is 24.6 Å². The van der Waals surface area contributed by atoms with Gasteiger partial charge in [0, 0.05) is 42.7 Å². The van der Waals surface area contributed by atoms with E-state index in [0.717, 1.165) is 11.3 Å². The molecule has 1 aromatic carbocycles. The van der Waals surface area contributed by atoms with E-state index in [1.807, 2.05) is 25.5 Å². The molecule has 0 spiro atoms. The van der Waals surface area contributed by atoms with E-state index in [9.17, 15) is 9.59 Å². The van der Waals surface area contributed by atoms with E-state index in [-0.39, 0.29) is 16.9 Å². The topological polar surface area (TPSA) is 81.8 Å². The van der Waals surface area contributed by atoms with Crippen LogP contribution in [0.5, 0.6) is 0 Å². The van der Waals surface area contributed by atoms with E-state index < -0.39 is 5.91 Å². The molecule has 2 aromatic heterocycles. The molecule has 0 radical (unpaired) electrons. The number of rotatable bonds is 5. The monoisotopic (exact) mass is 373 g/mol. The van der Waals surface area contributed by atoms with Gasteiger partial charge < -0.3 is 14.5 Å². The minimum atomic E-state index is -0.409. The molecule has 1 amide bonds. The first-order valence-electron chi connectivity index (χ1n) is 8.37. The molecule has 0 saturated heterocycles. The molecule has 7 nitrogen and oxygen atoms in total. The Bertz CT molecular complexity index is 1020. The van der Waals surface area contributed by atoms with Gasteiger partial charge in [-0.3, -0.25) is 9.59 Å². The lowest BCUT2D eigenvalue weighted by Gasteiger charge is -2.14. The summed E-state index contributed by atoms with van der Waals surface area (Å²) in [5.74, 6) is 0.324. The SMILES string of the molecule is CCn1cc(C(=O)NCC(C)c2nncn2C)c(=O)c2cc(Cl)ccc21. The van der Waals surface area contributed by atoms with Crippen molar-refractivity contribution in [2.75, 3.05) is 6.54 Å². The number of carbonyl (C=O) groups excluding carboxylic acids is 1. The minimum absolute atomic E-state index is 0.0326. The quantitative estimate of drug-likeness (QED) is 0.744. The van der Waals surface area contributed by atoms with E-state index in [2.05, 4.69) is 15.5 Å². The number of hydrogen-bond acceptors (Lipinski definition) is 4. The number of nitrogens with one attached hydrogen (secondary N) is 1. The van der Waals surface area contributed by atoms with Gasteiger partial charge in [0.2, 0.25) is 5.43 Å². The lowest BCUT2D eigenvalue weighted by atomic mass is 10.1. The molecule has 2 heterocycles. The molecule has 8 heteroatoms. The summed E-state index contributed by atoms with van der Waals surface area (Å²) >= 11 is 6.03. The van der Waals surface area contributed by atoms with Crippen molar-refractivity contribution in [2.45, 2.75) is 26.3 Å². The van der Waals surface area contributed by atoms with Gasteiger partial charge in [-0.25, -0.2) is 0 Å². The largest absolute Gasteiger partial charge is 0.351 e. The molecule has 3 rings (SSSR count). The number of amides is 1. The van der Waals surface area contributed by atoms with Crippen molar-refractivity contribution < 1.29 is 4.79 Å². The molecule has 1 atom stereocenters. The maximum absolute atomic E-state index is 12.8. The zero-order valence-electron chi connectivity index (χ0n) is 14.9. The molecule has 0 saturated carbocycles. The first kappa shape index (κ1) is 18.1. The summed E-state index contributed by atoms with van der Waals surface area (Å²) in [6.45, 7) is 4.88. The predicted octanol–water partition coefficient (Wildman–Crippen LogP) is 2.34. The molecule has 1 N–H and O–H groups in total. The van der Waals surface area contributed by atoms with E-state index in [4.69, 9.17) is 11.6 Å². The van der Waals surface area contributed by atoms with Gasteiger partial charge in [0.05, 0.1) is 5.52 Å². The average molecular weight is 374 g/mol. The normalized spacial score (nSPS) is 12.3. The Morgan fingerprint density at radius 2 is 2.15 bits per heavy atom. The Morgan fingerprint density at radius 3 is 2.81 bits per heavy atom. The van der Waals surface area contributed by atoms with Gasteiger partial charge >= 0.3 is 0 Å². The molecule has 3 aromatic rings. The Balaban J connectivity index is 1.89. The van der Waals surface area contributed by atoms with Crippen LogP contribution in [0.25, 0.3) is 10.9 Å². The molecule has 0 aliphatic carbocycles. The zero-order chi connectivity index (χ0) is 18.8. The van der Waals surface area contributed by atoms with Crippen LogP contribution in [0.15, 0.2) is 35.5 Å². The van der Waals surface area contributed by atoms with Crippen LogP contribution in [-0.4, -0.2) is 31.8 Å². The van der Waals surface area contributed by atoms with Crippen molar-refractivity contribution in [1.29, 1.82) is 0 Å². The van der Waals surface area contributed by atoms with Gasteiger partial charge in [0.15, 0.2) is 0 Å². The maximum atomic E-state index is 12.8. The first-order valence-corrected chi connectivity index (χ1v) is 8.75. The highest BCUT2D eigenvalue weighted by atomic mass is 35.5. The number of aryl methyl sites for hydroxylation is 2. The standard InChI is InChI=1S/C18H20ClN5O2/c1-4-24-9-14(16(25)13-7-12(19)5-6-15(13)24)18(26)20-8-11(2)17-22-21-10-23(17)3/h5-7,9-11H,4,8H2,1-3H3,(H,20,26). The number of aromatic nitrogens is 4. The number of benzene rings is 1. The molecular weight excluding hydrogens is 354 g/mol. The molecule has 0 aliphatic rings. The molecule has 0 aliphatic heterocycles. The number of fused-ring (bicyclic) bond motifs is 1. The van der Waals surface area contributed by atoms with Gasteiger partial charge in [-0.05, 0) is 25.1 Å². The van der Waals surface area contributed by atoms with Gasteiger partial charge in [-0.1, -0.05) is 18.5 Å². The minimum Gasteiger partial charge on any atom is -0.351 e. The fraction of sp³-hybridized carbons (Fsp3) is 0.333. The van der Waals surface area contributed by atoms with E-state index in [0.29, 0.717) is 23.5 Å². The lowest BCUT2D eigenvalue weighted by Crippen LogP contribution is -2.32. The Kier molecular flexibility index (Phi) is 5.08. The molecule has 1 unspecified atom stereocenters. The van der Waals surface area contributed by atoms with E-state index in [1.165, 1.54) is 0 Å². The van der Waals surface area contributed by atoms with Crippen LogP contribution in [0.1, 0.15) is 35.9 Å². The third kappa shape index (κ3) is 3.35. The first-order chi connectivity index (χ1) is 12.4. The molecule has 0 bridgehead atoms. The Hall–Kier alpha value is -2.67. The van der Waals surface area contributed by atoms with Crippen molar-refractivity contribution >= 4 is 28.4 Å². The fourth-order valence-corrected chi connectivity index (χ4v) is 3.14. The van der Waals surface area contributed by atoms with Crippen LogP contribution < -0.4 is 10.7 Å². The van der Waals surface area contributed by atoms with Crippen molar-refractivity contribution in [3.8, 4) is 0 Å². The zero-order valence-corrected chi connectivity index (χ0v) is 15.6. The second-order valence-corrected chi connectivity index (χ2v) is 6.67. The molecular formula is C18H20ClN5O2. The summed E-state index contributed by atoms with van der Waals surface area (Å²) in [7, 11) is 1.85. The van der Waals surface area contributed by atoms with Crippen molar-refractivity contribution in [3.63, 3.8) is 0 Å². The van der Waals surface area contributed by atoms with Crippen LogP contribution in [0.3, 0.4) is 0 Å². The number of hydrogen-bond donors (Lipinski definition) is 1. The average Bonchev–Trinajstić information content (AvgIpc) is 3.06. The molecule has 26 heavy (non-hydrogen) atoms. The lowest BCUT2D eigenvalue weighted by molar-refractivity contribution is 0.0949. The van der Waals surface area contributed by atoms with Crippen LogP contribution >= 0.6 is 11.6 Å². The predicted molar refractivity (Wildman–Crippen MR) is 101 cm³/mol. The Morgan fingerprint density at radius 1 is 1.38 bits per heavy atom. The smallest absolute Gasteiger partial charge is 0.256 e. The summed E-state index contributed by atoms with van der Waals surface area (Å²) in [5, 5.41) is 11.6. The molecule has 136 valence electrons. The number of carbonyl (C=O) groups is 1. The van der Waals surface area contributed by atoms with Gasteiger partial charge in [-0.2, -0.15) is 0 Å². The summed E-state index contributed by atoms with van der Waals surface area (Å²) in [4.78, 5) is 25.4. The summed E-state index contributed by atoms with van der Waals surface area (Å²) in [6, 6.07) is 5.13. The Labute approximate surface area is 155 Å². The summed E-state index contributed by atoms with van der Waals surface area (Å²) in [5.41, 5.74) is 0.536. The molecule has 0 fully saturated rings. The second-order valence-electron chi connectivity index (χ2n) is 6.23. The highest BCUT2D eigenvalue weighted by Crippen LogP contribution is 2.18.